The lowest BCUT2D eigenvalue weighted by Gasteiger charge is -2.28. The summed E-state index contributed by atoms with van der Waals surface area (Å²) in [5, 5.41) is 0. The first-order valence-electron chi connectivity index (χ1n) is 7.09. The molecule has 1 heterocycles. The molecule has 0 bridgehead atoms. The largest absolute Gasteiger partial charge is 0.362 e. The molecule has 1 amide bonds. The molecular formula is C16H24N2O. The molecule has 2 rings (SSSR count). The minimum atomic E-state index is 0.218. The summed E-state index contributed by atoms with van der Waals surface area (Å²) in [4.78, 5) is 16.2. The number of likely N-dealkylation sites (N-methyl/N-ethyl adjacent to an activating group) is 1. The van der Waals surface area contributed by atoms with E-state index < -0.39 is 0 Å². The van der Waals surface area contributed by atoms with E-state index in [0.717, 1.165) is 19.5 Å². The van der Waals surface area contributed by atoms with Crippen molar-refractivity contribution in [3.05, 3.63) is 29.3 Å². The summed E-state index contributed by atoms with van der Waals surface area (Å²) in [5.41, 5.74) is 3.88. The molecule has 19 heavy (non-hydrogen) atoms. The lowest BCUT2D eigenvalue weighted by atomic mass is 9.97. The molecule has 0 radical (unpaired) electrons. The van der Waals surface area contributed by atoms with Gasteiger partial charge in [-0.3, -0.25) is 4.79 Å². The number of nitrogens with zero attached hydrogens (tertiary/aromatic N) is 2. The number of hydrogen-bond acceptors (Lipinski definition) is 2. The molecule has 104 valence electrons. The molecule has 0 aliphatic carbocycles. The van der Waals surface area contributed by atoms with Crippen LogP contribution in [0.25, 0.3) is 0 Å². The molecule has 1 aromatic carbocycles. The number of rotatable bonds is 2. The standard InChI is InChI=1S/C16H24N2O/c1-12(2)14-8-5-7-13(3)16(14)18-10-6-9-17(4)15(19)11-18/h5,7-8,12H,6,9-11H2,1-4H3. The summed E-state index contributed by atoms with van der Waals surface area (Å²) >= 11 is 0. The molecule has 1 fully saturated rings. The van der Waals surface area contributed by atoms with Crippen LogP contribution in [0.5, 0.6) is 0 Å². The Morgan fingerprint density at radius 2 is 1.95 bits per heavy atom. The molecule has 0 spiro atoms. The number of carbonyl (C=O) groups excluding carboxylic acids is 1. The Bertz CT molecular complexity index is 468. The van der Waals surface area contributed by atoms with E-state index in [0.29, 0.717) is 12.5 Å². The fourth-order valence-corrected chi connectivity index (χ4v) is 2.76. The third kappa shape index (κ3) is 2.91. The molecule has 1 aromatic rings. The van der Waals surface area contributed by atoms with E-state index in [9.17, 15) is 4.79 Å². The summed E-state index contributed by atoms with van der Waals surface area (Å²) in [5.74, 6) is 0.696. The molecule has 3 heteroatoms. The van der Waals surface area contributed by atoms with Crippen LogP contribution in [0.1, 0.15) is 37.3 Å². The number of hydrogen-bond donors (Lipinski definition) is 0. The minimum Gasteiger partial charge on any atom is -0.362 e. The van der Waals surface area contributed by atoms with Crippen molar-refractivity contribution < 1.29 is 4.79 Å². The Hall–Kier alpha value is -1.51. The Balaban J connectivity index is 2.37. The van der Waals surface area contributed by atoms with Crippen LogP contribution < -0.4 is 4.90 Å². The fraction of sp³-hybridized carbons (Fsp3) is 0.562. The highest BCUT2D eigenvalue weighted by Gasteiger charge is 2.22. The van der Waals surface area contributed by atoms with E-state index in [4.69, 9.17) is 0 Å². The van der Waals surface area contributed by atoms with Crippen molar-refractivity contribution in [2.24, 2.45) is 0 Å². The van der Waals surface area contributed by atoms with Gasteiger partial charge in [0.1, 0.15) is 0 Å². The first-order chi connectivity index (χ1) is 9.00. The molecule has 3 nitrogen and oxygen atoms in total. The topological polar surface area (TPSA) is 23.6 Å². The van der Waals surface area contributed by atoms with Crippen molar-refractivity contribution in [1.82, 2.24) is 4.90 Å². The Morgan fingerprint density at radius 1 is 1.21 bits per heavy atom. The second-order valence-corrected chi connectivity index (χ2v) is 5.76. The minimum absolute atomic E-state index is 0.218. The van der Waals surface area contributed by atoms with Gasteiger partial charge in [0, 0.05) is 25.8 Å². The van der Waals surface area contributed by atoms with Crippen molar-refractivity contribution in [2.75, 3.05) is 31.6 Å². The van der Waals surface area contributed by atoms with Gasteiger partial charge in [-0.05, 0) is 30.4 Å². The zero-order chi connectivity index (χ0) is 14.0. The average Bonchev–Trinajstić information content (AvgIpc) is 2.51. The van der Waals surface area contributed by atoms with Gasteiger partial charge in [0.15, 0.2) is 0 Å². The third-order valence-corrected chi connectivity index (χ3v) is 3.88. The van der Waals surface area contributed by atoms with E-state index in [1.54, 1.807) is 0 Å². The van der Waals surface area contributed by atoms with Crippen molar-refractivity contribution in [3.8, 4) is 0 Å². The predicted molar refractivity (Wildman–Crippen MR) is 79.7 cm³/mol. The number of para-hydroxylation sites is 1. The average molecular weight is 260 g/mol. The Kier molecular flexibility index (Phi) is 4.13. The van der Waals surface area contributed by atoms with Crippen LogP contribution in [0.4, 0.5) is 5.69 Å². The van der Waals surface area contributed by atoms with Gasteiger partial charge in [-0.15, -0.1) is 0 Å². The number of anilines is 1. The number of benzene rings is 1. The molecule has 0 unspecified atom stereocenters. The van der Waals surface area contributed by atoms with E-state index in [1.165, 1.54) is 16.8 Å². The zero-order valence-electron chi connectivity index (χ0n) is 12.4. The van der Waals surface area contributed by atoms with Crippen molar-refractivity contribution in [3.63, 3.8) is 0 Å². The molecule has 0 aromatic heterocycles. The van der Waals surface area contributed by atoms with Crippen LogP contribution in [0.2, 0.25) is 0 Å². The van der Waals surface area contributed by atoms with E-state index in [1.807, 2.05) is 11.9 Å². The van der Waals surface area contributed by atoms with E-state index in [-0.39, 0.29) is 5.91 Å². The molecule has 1 aliphatic heterocycles. The maximum absolute atomic E-state index is 12.1. The van der Waals surface area contributed by atoms with E-state index in [2.05, 4.69) is 43.9 Å². The summed E-state index contributed by atoms with van der Waals surface area (Å²) in [6, 6.07) is 6.44. The van der Waals surface area contributed by atoms with Gasteiger partial charge in [-0.2, -0.15) is 0 Å². The number of carbonyl (C=O) groups is 1. The SMILES string of the molecule is Cc1cccc(C(C)C)c1N1CCCN(C)C(=O)C1. The molecule has 1 saturated heterocycles. The van der Waals surface area contributed by atoms with Crippen LogP contribution in [0, 0.1) is 6.92 Å². The first kappa shape index (κ1) is 13.9. The van der Waals surface area contributed by atoms with Gasteiger partial charge in [0.25, 0.3) is 0 Å². The van der Waals surface area contributed by atoms with Crippen LogP contribution in [-0.2, 0) is 4.79 Å². The molecular weight excluding hydrogens is 236 g/mol. The highest BCUT2D eigenvalue weighted by molar-refractivity contribution is 5.82. The highest BCUT2D eigenvalue weighted by Crippen LogP contribution is 2.31. The van der Waals surface area contributed by atoms with Crippen LogP contribution in [0.15, 0.2) is 18.2 Å². The van der Waals surface area contributed by atoms with Gasteiger partial charge < -0.3 is 9.80 Å². The van der Waals surface area contributed by atoms with Gasteiger partial charge in [0.2, 0.25) is 5.91 Å². The lowest BCUT2D eigenvalue weighted by molar-refractivity contribution is -0.127. The van der Waals surface area contributed by atoms with Crippen molar-refractivity contribution >= 4 is 11.6 Å². The molecule has 0 atom stereocenters. The predicted octanol–water partition coefficient (Wildman–Crippen LogP) is 2.79. The summed E-state index contributed by atoms with van der Waals surface area (Å²) < 4.78 is 0. The lowest BCUT2D eigenvalue weighted by Crippen LogP contribution is -2.35. The molecule has 0 saturated carbocycles. The summed E-state index contributed by atoms with van der Waals surface area (Å²) in [7, 11) is 1.90. The third-order valence-electron chi connectivity index (χ3n) is 3.88. The Morgan fingerprint density at radius 3 is 2.63 bits per heavy atom. The summed E-state index contributed by atoms with van der Waals surface area (Å²) in [6.07, 6.45) is 1.04. The maximum Gasteiger partial charge on any atom is 0.241 e. The quantitative estimate of drug-likeness (QED) is 0.816. The smallest absolute Gasteiger partial charge is 0.241 e. The second kappa shape index (κ2) is 5.64. The molecule has 1 aliphatic rings. The summed E-state index contributed by atoms with van der Waals surface area (Å²) in [6.45, 7) is 8.88. The number of aryl methyl sites for hydroxylation is 1. The van der Waals surface area contributed by atoms with Gasteiger partial charge in [-0.25, -0.2) is 0 Å². The van der Waals surface area contributed by atoms with Gasteiger partial charge in [-0.1, -0.05) is 32.0 Å². The van der Waals surface area contributed by atoms with Crippen molar-refractivity contribution in [2.45, 2.75) is 33.1 Å². The normalized spacial score (nSPS) is 17.0. The van der Waals surface area contributed by atoms with Gasteiger partial charge in [0.05, 0.1) is 6.54 Å². The Labute approximate surface area is 116 Å². The number of amides is 1. The first-order valence-corrected chi connectivity index (χ1v) is 7.09. The van der Waals surface area contributed by atoms with Crippen LogP contribution >= 0.6 is 0 Å². The monoisotopic (exact) mass is 260 g/mol. The second-order valence-electron chi connectivity index (χ2n) is 5.76. The fourth-order valence-electron chi connectivity index (χ4n) is 2.76. The van der Waals surface area contributed by atoms with Gasteiger partial charge >= 0.3 is 0 Å². The highest BCUT2D eigenvalue weighted by atomic mass is 16.2. The van der Waals surface area contributed by atoms with E-state index >= 15 is 0 Å². The zero-order valence-corrected chi connectivity index (χ0v) is 12.4. The van der Waals surface area contributed by atoms with Crippen LogP contribution in [0.3, 0.4) is 0 Å². The van der Waals surface area contributed by atoms with Crippen molar-refractivity contribution in [1.29, 1.82) is 0 Å². The van der Waals surface area contributed by atoms with Crippen LogP contribution in [-0.4, -0.2) is 37.5 Å². The molecule has 0 N–H and O–H groups in total. The maximum atomic E-state index is 12.1.